The number of hydrogen-bond acceptors (Lipinski definition) is 2. The molecule has 2 atom stereocenters. The first-order valence-corrected chi connectivity index (χ1v) is 4.89. The number of primary amides is 1. The van der Waals surface area contributed by atoms with E-state index >= 15 is 0 Å². The highest BCUT2D eigenvalue weighted by Gasteiger charge is 2.47. The van der Waals surface area contributed by atoms with Gasteiger partial charge in [-0.2, -0.15) is 13.2 Å². The Kier molecular flexibility index (Phi) is 3.28. The van der Waals surface area contributed by atoms with Crippen LogP contribution in [0.15, 0.2) is 0 Å². The third-order valence-corrected chi connectivity index (χ3v) is 3.09. The zero-order valence-corrected chi connectivity index (χ0v) is 8.53. The first kappa shape index (κ1) is 12.3. The molecule has 3 N–H and O–H groups in total. The van der Waals surface area contributed by atoms with Gasteiger partial charge in [0, 0.05) is 0 Å². The van der Waals surface area contributed by atoms with Crippen molar-refractivity contribution in [2.75, 3.05) is 6.54 Å². The summed E-state index contributed by atoms with van der Waals surface area (Å²) in [4.78, 5) is 11.2. The largest absolute Gasteiger partial charge is 0.401 e. The number of hydrogen-bond donors (Lipinski definition) is 2. The van der Waals surface area contributed by atoms with E-state index in [0.717, 1.165) is 12.8 Å². The summed E-state index contributed by atoms with van der Waals surface area (Å²) in [6, 6.07) is 0. The van der Waals surface area contributed by atoms with Crippen LogP contribution in [-0.4, -0.2) is 24.2 Å². The molecule has 15 heavy (non-hydrogen) atoms. The molecule has 0 spiro atoms. The molecule has 1 aliphatic rings. The van der Waals surface area contributed by atoms with E-state index in [4.69, 9.17) is 5.73 Å². The van der Waals surface area contributed by atoms with Gasteiger partial charge in [0.25, 0.3) is 0 Å². The van der Waals surface area contributed by atoms with Crippen LogP contribution in [-0.2, 0) is 4.79 Å². The number of carbonyl (C=O) groups is 1. The molecule has 0 aliphatic heterocycles. The lowest BCUT2D eigenvalue weighted by Crippen LogP contribution is -2.59. The van der Waals surface area contributed by atoms with E-state index in [1.807, 2.05) is 0 Å². The van der Waals surface area contributed by atoms with E-state index < -0.39 is 24.2 Å². The van der Waals surface area contributed by atoms with Gasteiger partial charge >= 0.3 is 6.18 Å². The van der Waals surface area contributed by atoms with Gasteiger partial charge in [-0.1, -0.05) is 13.3 Å². The zero-order valence-electron chi connectivity index (χ0n) is 8.53. The van der Waals surface area contributed by atoms with E-state index in [1.54, 1.807) is 6.92 Å². The van der Waals surface area contributed by atoms with E-state index in [0.29, 0.717) is 6.42 Å². The molecule has 0 bridgehead atoms. The molecular formula is C9H15F3N2O. The van der Waals surface area contributed by atoms with E-state index in [1.165, 1.54) is 0 Å². The average molecular weight is 224 g/mol. The van der Waals surface area contributed by atoms with Crippen molar-refractivity contribution in [3.63, 3.8) is 0 Å². The molecule has 1 aliphatic carbocycles. The van der Waals surface area contributed by atoms with Crippen molar-refractivity contribution in [3.8, 4) is 0 Å². The molecule has 1 rings (SSSR count). The molecule has 0 aromatic heterocycles. The second-order valence-corrected chi connectivity index (χ2v) is 4.10. The van der Waals surface area contributed by atoms with Crippen LogP contribution in [0.2, 0.25) is 0 Å². The van der Waals surface area contributed by atoms with E-state index in [9.17, 15) is 18.0 Å². The fraction of sp³-hybridized carbons (Fsp3) is 0.889. The van der Waals surface area contributed by atoms with Gasteiger partial charge in [0.05, 0.1) is 6.54 Å². The Labute approximate surface area is 86.2 Å². The highest BCUT2D eigenvalue weighted by Crippen LogP contribution is 2.35. The normalized spacial score (nSPS) is 31.9. The van der Waals surface area contributed by atoms with Gasteiger partial charge in [-0.25, -0.2) is 0 Å². The van der Waals surface area contributed by atoms with Crippen molar-refractivity contribution in [1.29, 1.82) is 0 Å². The third kappa shape index (κ3) is 2.62. The standard InChI is InChI=1S/C9H15F3N2O/c1-6-3-2-4-8(6,7(13)15)14-5-9(10,11)12/h6,14H,2-5H2,1H3,(H2,13,15). The summed E-state index contributed by atoms with van der Waals surface area (Å²) in [6.07, 6.45) is -2.47. The second-order valence-electron chi connectivity index (χ2n) is 4.10. The molecule has 2 unspecified atom stereocenters. The molecule has 1 amide bonds. The van der Waals surface area contributed by atoms with Crippen molar-refractivity contribution in [1.82, 2.24) is 5.32 Å². The van der Waals surface area contributed by atoms with Crippen LogP contribution < -0.4 is 11.1 Å². The van der Waals surface area contributed by atoms with Crippen LogP contribution in [0.1, 0.15) is 26.2 Å². The summed E-state index contributed by atoms with van der Waals surface area (Å²) in [7, 11) is 0. The Hall–Kier alpha value is -0.780. The molecule has 3 nitrogen and oxygen atoms in total. The number of rotatable bonds is 3. The van der Waals surface area contributed by atoms with Crippen LogP contribution >= 0.6 is 0 Å². The van der Waals surface area contributed by atoms with E-state index in [2.05, 4.69) is 5.32 Å². The second kappa shape index (κ2) is 4.00. The SMILES string of the molecule is CC1CCCC1(NCC(F)(F)F)C(N)=O. The highest BCUT2D eigenvalue weighted by molar-refractivity contribution is 5.85. The summed E-state index contributed by atoms with van der Waals surface area (Å²) < 4.78 is 36.2. The lowest BCUT2D eigenvalue weighted by Gasteiger charge is -2.32. The first-order chi connectivity index (χ1) is 6.78. The molecule has 0 heterocycles. The van der Waals surface area contributed by atoms with Crippen molar-refractivity contribution in [3.05, 3.63) is 0 Å². The monoisotopic (exact) mass is 224 g/mol. The number of nitrogens with one attached hydrogen (secondary N) is 1. The van der Waals surface area contributed by atoms with Crippen LogP contribution in [0.4, 0.5) is 13.2 Å². The fourth-order valence-electron chi connectivity index (χ4n) is 2.15. The van der Waals surface area contributed by atoms with Gasteiger partial charge in [0.1, 0.15) is 5.54 Å². The molecule has 0 aromatic carbocycles. The molecular weight excluding hydrogens is 209 g/mol. The molecule has 0 radical (unpaired) electrons. The van der Waals surface area contributed by atoms with Crippen LogP contribution in [0.25, 0.3) is 0 Å². The maximum absolute atomic E-state index is 12.1. The molecule has 6 heteroatoms. The summed E-state index contributed by atoms with van der Waals surface area (Å²) in [6.45, 7) is 0.585. The molecule has 0 saturated heterocycles. The summed E-state index contributed by atoms with van der Waals surface area (Å²) in [5, 5.41) is 2.28. The summed E-state index contributed by atoms with van der Waals surface area (Å²) in [5.41, 5.74) is 4.01. The minimum Gasteiger partial charge on any atom is -0.368 e. The quantitative estimate of drug-likeness (QED) is 0.756. The third-order valence-electron chi connectivity index (χ3n) is 3.09. The number of amides is 1. The highest BCUT2D eigenvalue weighted by atomic mass is 19.4. The van der Waals surface area contributed by atoms with E-state index in [-0.39, 0.29) is 5.92 Å². The summed E-state index contributed by atoms with van der Waals surface area (Å²) in [5.74, 6) is -0.825. The minimum atomic E-state index is -4.31. The lowest BCUT2D eigenvalue weighted by atomic mass is 9.87. The zero-order chi connectivity index (χ0) is 11.7. The average Bonchev–Trinajstić information content (AvgIpc) is 2.43. The Balaban J connectivity index is 2.71. The van der Waals surface area contributed by atoms with Gasteiger partial charge in [-0.05, 0) is 18.8 Å². The molecule has 88 valence electrons. The van der Waals surface area contributed by atoms with Crippen LogP contribution in [0.3, 0.4) is 0 Å². The van der Waals surface area contributed by atoms with Crippen LogP contribution in [0, 0.1) is 5.92 Å². The maximum atomic E-state index is 12.1. The van der Waals surface area contributed by atoms with Gasteiger partial charge in [0.2, 0.25) is 5.91 Å². The van der Waals surface area contributed by atoms with Gasteiger partial charge in [0.15, 0.2) is 0 Å². The molecule has 0 aromatic rings. The number of carbonyl (C=O) groups excluding carboxylic acids is 1. The van der Waals surface area contributed by atoms with Crippen molar-refractivity contribution in [2.24, 2.45) is 11.7 Å². The molecule has 1 saturated carbocycles. The Morgan fingerprint density at radius 3 is 2.53 bits per heavy atom. The van der Waals surface area contributed by atoms with Crippen molar-refractivity contribution >= 4 is 5.91 Å². The fourth-order valence-corrected chi connectivity index (χ4v) is 2.15. The summed E-state index contributed by atoms with van der Waals surface area (Å²) >= 11 is 0. The maximum Gasteiger partial charge on any atom is 0.401 e. The smallest absolute Gasteiger partial charge is 0.368 e. The number of alkyl halides is 3. The Morgan fingerprint density at radius 2 is 2.20 bits per heavy atom. The first-order valence-electron chi connectivity index (χ1n) is 4.89. The number of nitrogens with two attached hydrogens (primary N) is 1. The van der Waals surface area contributed by atoms with Gasteiger partial charge < -0.3 is 5.73 Å². The Morgan fingerprint density at radius 1 is 1.60 bits per heavy atom. The Bertz CT molecular complexity index is 254. The number of halogens is 3. The topological polar surface area (TPSA) is 55.1 Å². The van der Waals surface area contributed by atoms with Crippen molar-refractivity contribution in [2.45, 2.75) is 37.9 Å². The lowest BCUT2D eigenvalue weighted by molar-refractivity contribution is -0.137. The predicted octanol–water partition coefficient (Wildman–Crippen LogP) is 1.18. The predicted molar refractivity (Wildman–Crippen MR) is 49.0 cm³/mol. The van der Waals surface area contributed by atoms with Gasteiger partial charge in [-0.15, -0.1) is 0 Å². The van der Waals surface area contributed by atoms with Gasteiger partial charge in [-0.3, -0.25) is 10.1 Å². The molecule has 1 fully saturated rings. The van der Waals surface area contributed by atoms with Crippen molar-refractivity contribution < 1.29 is 18.0 Å². The minimum absolute atomic E-state index is 0.141. The van der Waals surface area contributed by atoms with Crippen LogP contribution in [0.5, 0.6) is 0 Å².